The van der Waals surface area contributed by atoms with Crippen LogP contribution in [0.25, 0.3) is 5.78 Å². The number of aromatic amines is 1. The van der Waals surface area contributed by atoms with E-state index in [0.29, 0.717) is 22.5 Å². The first kappa shape index (κ1) is 17.9. The Morgan fingerprint density at radius 2 is 1.96 bits per heavy atom. The lowest BCUT2D eigenvalue weighted by Crippen LogP contribution is -2.44. The lowest BCUT2D eigenvalue weighted by molar-refractivity contribution is -0.140. The van der Waals surface area contributed by atoms with Gasteiger partial charge in [-0.05, 0) is 25.7 Å². The Kier molecular flexibility index (Phi) is 4.86. The summed E-state index contributed by atoms with van der Waals surface area (Å²) in [6.07, 6.45) is 1.99. The zero-order valence-corrected chi connectivity index (χ0v) is 15.9. The van der Waals surface area contributed by atoms with Crippen LogP contribution in [0.1, 0.15) is 39.3 Å². The number of nitrogens with one attached hydrogen (secondary N) is 1. The highest BCUT2D eigenvalue weighted by molar-refractivity contribution is 7.99. The Morgan fingerprint density at radius 3 is 2.60 bits per heavy atom. The van der Waals surface area contributed by atoms with Crippen molar-refractivity contribution in [1.82, 2.24) is 29.7 Å². The number of fused-ring (bicyclic) bond motifs is 1. The third kappa shape index (κ3) is 3.86. The summed E-state index contributed by atoms with van der Waals surface area (Å²) in [6.45, 7) is 9.18. The molecular weight excluding hydrogens is 340 g/mol. The molecule has 25 heavy (non-hydrogen) atoms. The summed E-state index contributed by atoms with van der Waals surface area (Å²) in [5.74, 6) is 2.03. The molecule has 0 unspecified atom stereocenters. The van der Waals surface area contributed by atoms with Gasteiger partial charge in [-0.1, -0.05) is 32.5 Å². The maximum Gasteiger partial charge on any atom is 0.273 e. The number of hydrogen-bond acceptors (Lipinski definition) is 6. The molecule has 0 aromatic carbocycles. The Morgan fingerprint density at radius 1 is 1.28 bits per heavy atom. The van der Waals surface area contributed by atoms with E-state index in [4.69, 9.17) is 0 Å². The Hall–Kier alpha value is -1.90. The van der Waals surface area contributed by atoms with E-state index in [2.05, 4.69) is 20.3 Å². The van der Waals surface area contributed by atoms with Gasteiger partial charge in [0, 0.05) is 24.3 Å². The molecule has 1 aliphatic heterocycles. The van der Waals surface area contributed by atoms with Crippen molar-refractivity contribution < 1.29 is 4.79 Å². The van der Waals surface area contributed by atoms with E-state index in [1.54, 1.807) is 23.2 Å². The normalized spacial score (nSPS) is 16.6. The number of rotatable bonds is 3. The van der Waals surface area contributed by atoms with Gasteiger partial charge in [-0.25, -0.2) is 0 Å². The first-order valence-electron chi connectivity index (χ1n) is 8.50. The van der Waals surface area contributed by atoms with Crippen LogP contribution in [0.5, 0.6) is 0 Å². The zero-order chi connectivity index (χ0) is 18.2. The summed E-state index contributed by atoms with van der Waals surface area (Å²) in [5.41, 5.74) is -0.168. The average Bonchev–Trinajstić information content (AvgIpc) is 2.94. The first-order chi connectivity index (χ1) is 11.8. The molecule has 0 bridgehead atoms. The summed E-state index contributed by atoms with van der Waals surface area (Å²) < 4.78 is 1.58. The maximum absolute atomic E-state index is 12.3. The molecule has 2 aromatic heterocycles. The van der Waals surface area contributed by atoms with E-state index in [-0.39, 0.29) is 16.9 Å². The fourth-order valence-electron chi connectivity index (χ4n) is 2.88. The van der Waals surface area contributed by atoms with E-state index >= 15 is 0 Å². The summed E-state index contributed by atoms with van der Waals surface area (Å²) in [6, 6.07) is 0. The van der Waals surface area contributed by atoms with E-state index in [9.17, 15) is 9.59 Å². The van der Waals surface area contributed by atoms with Crippen molar-refractivity contribution in [2.45, 2.75) is 45.7 Å². The van der Waals surface area contributed by atoms with Crippen LogP contribution in [0.2, 0.25) is 0 Å². The number of aromatic nitrogens is 5. The number of piperidine rings is 1. The van der Waals surface area contributed by atoms with E-state index in [1.807, 2.05) is 25.7 Å². The molecule has 136 valence electrons. The number of thioether (sulfide) groups is 1. The minimum absolute atomic E-state index is 0.227. The van der Waals surface area contributed by atoms with Crippen LogP contribution in [-0.4, -0.2) is 54.4 Å². The second-order valence-electron chi connectivity index (χ2n) is 7.55. The number of hydrogen-bond donors (Lipinski definition) is 1. The first-order valence-corrected chi connectivity index (χ1v) is 9.49. The fourth-order valence-corrected chi connectivity index (χ4v) is 3.95. The monoisotopic (exact) mass is 364 g/mol. The largest absolute Gasteiger partial charge is 0.342 e. The number of H-pyrrole nitrogens is 1. The van der Waals surface area contributed by atoms with Gasteiger partial charge in [0.1, 0.15) is 5.69 Å². The average molecular weight is 364 g/mol. The molecule has 8 nitrogen and oxygen atoms in total. The van der Waals surface area contributed by atoms with Gasteiger partial charge in [0.05, 0.1) is 0 Å². The minimum Gasteiger partial charge on any atom is -0.342 e. The highest BCUT2D eigenvalue weighted by Gasteiger charge is 2.30. The van der Waals surface area contributed by atoms with Gasteiger partial charge in [0.25, 0.3) is 11.3 Å². The van der Waals surface area contributed by atoms with Gasteiger partial charge in [-0.3, -0.25) is 14.6 Å². The molecule has 1 amide bonds. The van der Waals surface area contributed by atoms with Crippen LogP contribution in [0.15, 0.2) is 9.95 Å². The van der Waals surface area contributed by atoms with E-state index < -0.39 is 0 Å². The van der Waals surface area contributed by atoms with Crippen molar-refractivity contribution in [2.24, 2.45) is 11.3 Å². The van der Waals surface area contributed by atoms with Crippen molar-refractivity contribution in [3.63, 3.8) is 0 Å². The lowest BCUT2D eigenvalue weighted by Gasteiger charge is -2.35. The fraction of sp³-hybridized carbons (Fsp3) is 0.688. The van der Waals surface area contributed by atoms with Gasteiger partial charge in [-0.2, -0.15) is 9.61 Å². The van der Waals surface area contributed by atoms with Crippen LogP contribution in [0, 0.1) is 18.3 Å². The summed E-state index contributed by atoms with van der Waals surface area (Å²) in [7, 11) is 0. The van der Waals surface area contributed by atoms with Gasteiger partial charge in [-0.15, -0.1) is 10.2 Å². The van der Waals surface area contributed by atoms with Gasteiger partial charge >= 0.3 is 0 Å². The third-order valence-corrected chi connectivity index (χ3v) is 5.56. The zero-order valence-electron chi connectivity index (χ0n) is 15.1. The SMILES string of the molecule is Cc1nn2c(SCC3CCN(C(=O)C(C)(C)C)CC3)nnc2[nH]c1=O. The number of amides is 1. The lowest BCUT2D eigenvalue weighted by atomic mass is 9.92. The van der Waals surface area contributed by atoms with E-state index in [0.717, 1.165) is 31.7 Å². The maximum atomic E-state index is 12.3. The van der Waals surface area contributed by atoms with Gasteiger partial charge in [0.2, 0.25) is 11.1 Å². The molecule has 3 rings (SSSR count). The number of carbonyl (C=O) groups is 1. The molecule has 3 heterocycles. The van der Waals surface area contributed by atoms with Crippen molar-refractivity contribution in [1.29, 1.82) is 0 Å². The van der Waals surface area contributed by atoms with Gasteiger partial charge < -0.3 is 4.90 Å². The topological polar surface area (TPSA) is 96.2 Å². The quantitative estimate of drug-likeness (QED) is 0.829. The van der Waals surface area contributed by atoms with Gasteiger partial charge in [0.15, 0.2) is 0 Å². The number of carbonyl (C=O) groups excluding carboxylic acids is 1. The van der Waals surface area contributed by atoms with Crippen molar-refractivity contribution in [3.8, 4) is 0 Å². The second kappa shape index (κ2) is 6.78. The number of nitrogens with zero attached hydrogens (tertiary/aromatic N) is 5. The molecule has 0 atom stereocenters. The molecule has 1 fully saturated rings. The van der Waals surface area contributed by atoms with Crippen molar-refractivity contribution in [3.05, 3.63) is 16.0 Å². The molecule has 2 aromatic rings. The summed E-state index contributed by atoms with van der Waals surface area (Å²) in [4.78, 5) is 28.5. The molecule has 9 heteroatoms. The number of aryl methyl sites for hydroxylation is 1. The number of likely N-dealkylation sites (tertiary alicyclic amines) is 1. The Bertz CT molecular complexity index is 829. The Labute approximate surface area is 150 Å². The predicted octanol–water partition coefficient (Wildman–Crippen LogP) is 1.50. The second-order valence-corrected chi connectivity index (χ2v) is 8.54. The van der Waals surface area contributed by atoms with E-state index in [1.165, 1.54) is 0 Å². The van der Waals surface area contributed by atoms with Crippen molar-refractivity contribution >= 4 is 23.4 Å². The molecule has 0 radical (unpaired) electrons. The summed E-state index contributed by atoms with van der Waals surface area (Å²) in [5, 5.41) is 13.0. The molecule has 1 saturated heterocycles. The smallest absolute Gasteiger partial charge is 0.273 e. The molecule has 1 aliphatic rings. The highest BCUT2D eigenvalue weighted by atomic mass is 32.2. The molecule has 0 spiro atoms. The van der Waals surface area contributed by atoms with Crippen LogP contribution in [0.3, 0.4) is 0 Å². The molecule has 1 N–H and O–H groups in total. The standard InChI is InChI=1S/C16H24N6O2S/c1-10-12(23)17-14-18-19-15(22(14)20-10)25-9-11-5-7-21(8-6-11)13(24)16(2,3)4/h11H,5-9H2,1-4H3,(H,17,18,23). The van der Waals surface area contributed by atoms with Crippen LogP contribution >= 0.6 is 11.8 Å². The molecule has 0 aliphatic carbocycles. The van der Waals surface area contributed by atoms with Crippen LogP contribution in [0.4, 0.5) is 0 Å². The highest BCUT2D eigenvalue weighted by Crippen LogP contribution is 2.27. The molecule has 0 saturated carbocycles. The van der Waals surface area contributed by atoms with Crippen LogP contribution < -0.4 is 5.56 Å². The minimum atomic E-state index is -0.317. The van der Waals surface area contributed by atoms with Crippen LogP contribution in [-0.2, 0) is 4.79 Å². The Balaban J connectivity index is 1.58. The predicted molar refractivity (Wildman–Crippen MR) is 95.6 cm³/mol. The summed E-state index contributed by atoms with van der Waals surface area (Å²) >= 11 is 1.59. The van der Waals surface area contributed by atoms with Crippen molar-refractivity contribution in [2.75, 3.05) is 18.8 Å². The third-order valence-electron chi connectivity index (χ3n) is 4.41. The molecular formula is C16H24N6O2S.